The number of aliphatic hydroxyl groups excluding tert-OH is 5. The van der Waals surface area contributed by atoms with E-state index in [1.807, 2.05) is 0 Å². The summed E-state index contributed by atoms with van der Waals surface area (Å²) in [5, 5.41) is 90.3. The van der Waals surface area contributed by atoms with Crippen LogP contribution in [0.3, 0.4) is 0 Å². The van der Waals surface area contributed by atoms with Crippen LogP contribution in [0.25, 0.3) is 6.08 Å². The smallest absolute Gasteiger partial charge is 0.331 e. The predicted octanol–water partition coefficient (Wildman–Crippen LogP) is -1.02. The van der Waals surface area contributed by atoms with E-state index in [1.165, 1.54) is 49.4 Å². The number of hydrogen-bond acceptors (Lipinski definition) is 15. The fourth-order valence-corrected chi connectivity index (χ4v) is 4.82. The van der Waals surface area contributed by atoms with Crippen LogP contribution in [0.4, 0.5) is 0 Å². The summed E-state index contributed by atoms with van der Waals surface area (Å²) in [6.07, 6.45) is -12.5. The van der Waals surface area contributed by atoms with Crippen LogP contribution in [0.1, 0.15) is 18.1 Å². The quantitative estimate of drug-likeness (QED) is 0.0873. The van der Waals surface area contributed by atoms with Crippen LogP contribution >= 0.6 is 0 Å². The molecule has 0 spiro atoms. The number of esters is 1. The molecule has 2 aromatic carbocycles. The lowest BCUT2D eigenvalue weighted by atomic mass is 9.96. The maximum absolute atomic E-state index is 12.9. The molecule has 2 aliphatic heterocycles. The van der Waals surface area contributed by atoms with Crippen molar-refractivity contribution in [3.63, 3.8) is 0 Å². The van der Waals surface area contributed by atoms with E-state index in [2.05, 4.69) is 0 Å². The molecule has 242 valence electrons. The normalized spacial score (nSPS) is 32.5. The Kier molecular flexibility index (Phi) is 11.0. The number of phenols is 4. The molecule has 2 aromatic rings. The van der Waals surface area contributed by atoms with E-state index in [0.29, 0.717) is 11.1 Å². The standard InChI is InChI=1S/C29H36O15/c1-13-22(36)23(37)24(38)29(41-13)44-26-25(43-21(35)7-4-14-2-5-16(31)18(33)10-14)20(12-30)42-28(39)27(26)40-9-8-15-3-6-17(32)19(34)11-15/h2-7,10-11,13,20,22-34,36-39H,8-9,12H2,1H3. The van der Waals surface area contributed by atoms with Gasteiger partial charge in [0.15, 0.2) is 41.7 Å². The third-order valence-corrected chi connectivity index (χ3v) is 7.29. The van der Waals surface area contributed by atoms with Crippen molar-refractivity contribution in [1.29, 1.82) is 0 Å². The number of phenolic OH excluding ortho intramolecular Hbond substituents is 4. The first-order chi connectivity index (χ1) is 20.9. The van der Waals surface area contributed by atoms with Gasteiger partial charge >= 0.3 is 5.97 Å². The molecule has 10 unspecified atom stereocenters. The molecule has 44 heavy (non-hydrogen) atoms. The number of carbonyl (C=O) groups excluding carboxylic acids is 1. The highest BCUT2D eigenvalue weighted by molar-refractivity contribution is 5.87. The highest BCUT2D eigenvalue weighted by atomic mass is 16.7. The largest absolute Gasteiger partial charge is 0.504 e. The summed E-state index contributed by atoms with van der Waals surface area (Å²) >= 11 is 0. The van der Waals surface area contributed by atoms with E-state index in [4.69, 9.17) is 23.7 Å². The minimum Gasteiger partial charge on any atom is -0.504 e. The number of carbonyl (C=O) groups is 1. The Morgan fingerprint density at radius 3 is 2.18 bits per heavy atom. The lowest BCUT2D eigenvalue weighted by Gasteiger charge is -2.46. The molecule has 0 radical (unpaired) electrons. The summed E-state index contributed by atoms with van der Waals surface area (Å²) in [7, 11) is 0. The third kappa shape index (κ3) is 7.76. The van der Waals surface area contributed by atoms with Crippen LogP contribution in [0.2, 0.25) is 0 Å². The molecular weight excluding hydrogens is 588 g/mol. The molecule has 10 atom stereocenters. The van der Waals surface area contributed by atoms with Gasteiger partial charge in [0.1, 0.15) is 36.6 Å². The molecule has 0 bridgehead atoms. The van der Waals surface area contributed by atoms with Crippen molar-refractivity contribution in [3.8, 4) is 23.0 Å². The Balaban J connectivity index is 1.57. The van der Waals surface area contributed by atoms with Crippen LogP contribution in [-0.4, -0.2) is 127 Å². The zero-order chi connectivity index (χ0) is 32.1. The first kappa shape index (κ1) is 33.4. The van der Waals surface area contributed by atoms with Gasteiger partial charge in [-0.25, -0.2) is 4.79 Å². The summed E-state index contributed by atoms with van der Waals surface area (Å²) in [6.45, 7) is 0.557. The van der Waals surface area contributed by atoms with Crippen molar-refractivity contribution in [2.24, 2.45) is 0 Å². The van der Waals surface area contributed by atoms with E-state index in [1.54, 1.807) is 0 Å². The topological polar surface area (TPSA) is 245 Å². The molecule has 2 heterocycles. The average Bonchev–Trinajstić information content (AvgIpc) is 2.99. The molecule has 4 rings (SSSR count). The van der Waals surface area contributed by atoms with Crippen molar-refractivity contribution in [2.75, 3.05) is 13.2 Å². The van der Waals surface area contributed by atoms with Gasteiger partial charge in [0.25, 0.3) is 0 Å². The predicted molar refractivity (Wildman–Crippen MR) is 147 cm³/mol. The second-order valence-electron chi connectivity index (χ2n) is 10.4. The first-order valence-corrected chi connectivity index (χ1v) is 13.7. The molecule has 0 aromatic heterocycles. The summed E-state index contributed by atoms with van der Waals surface area (Å²) in [4.78, 5) is 12.9. The van der Waals surface area contributed by atoms with Crippen molar-refractivity contribution in [2.45, 2.75) is 74.8 Å². The number of aliphatic hydroxyl groups is 5. The Hall–Kier alpha value is -3.51. The van der Waals surface area contributed by atoms with Crippen LogP contribution < -0.4 is 0 Å². The highest BCUT2D eigenvalue weighted by Crippen LogP contribution is 2.32. The van der Waals surface area contributed by atoms with Crippen LogP contribution in [0, 0.1) is 0 Å². The van der Waals surface area contributed by atoms with E-state index in [-0.39, 0.29) is 30.3 Å². The van der Waals surface area contributed by atoms with E-state index < -0.39 is 79.7 Å². The number of ether oxygens (including phenoxy) is 5. The molecule has 15 nitrogen and oxygen atoms in total. The van der Waals surface area contributed by atoms with Gasteiger partial charge in [-0.1, -0.05) is 12.1 Å². The van der Waals surface area contributed by atoms with Gasteiger partial charge in [-0.3, -0.25) is 0 Å². The van der Waals surface area contributed by atoms with Crippen LogP contribution in [0.5, 0.6) is 23.0 Å². The zero-order valence-electron chi connectivity index (χ0n) is 23.5. The number of rotatable bonds is 10. The molecule has 2 saturated heterocycles. The van der Waals surface area contributed by atoms with Crippen molar-refractivity contribution in [3.05, 3.63) is 53.6 Å². The highest BCUT2D eigenvalue weighted by Gasteiger charge is 2.52. The van der Waals surface area contributed by atoms with Crippen molar-refractivity contribution >= 4 is 12.0 Å². The van der Waals surface area contributed by atoms with Crippen LogP contribution in [-0.2, 0) is 34.9 Å². The molecule has 2 aliphatic rings. The number of hydrogen-bond donors (Lipinski definition) is 9. The lowest BCUT2D eigenvalue weighted by molar-refractivity contribution is -0.357. The van der Waals surface area contributed by atoms with Gasteiger partial charge < -0.3 is 69.6 Å². The van der Waals surface area contributed by atoms with Gasteiger partial charge in [-0.2, -0.15) is 0 Å². The maximum Gasteiger partial charge on any atom is 0.331 e. The van der Waals surface area contributed by atoms with Crippen molar-refractivity contribution in [1.82, 2.24) is 0 Å². The fourth-order valence-electron chi connectivity index (χ4n) is 4.82. The Morgan fingerprint density at radius 1 is 0.841 bits per heavy atom. The van der Waals surface area contributed by atoms with E-state index >= 15 is 0 Å². The maximum atomic E-state index is 12.9. The van der Waals surface area contributed by atoms with Gasteiger partial charge in [-0.15, -0.1) is 0 Å². The number of aromatic hydroxyl groups is 4. The first-order valence-electron chi connectivity index (χ1n) is 13.7. The van der Waals surface area contributed by atoms with Gasteiger partial charge in [0.2, 0.25) is 0 Å². The van der Waals surface area contributed by atoms with E-state index in [9.17, 15) is 50.8 Å². The van der Waals surface area contributed by atoms with Gasteiger partial charge in [0, 0.05) is 6.08 Å². The molecule has 0 amide bonds. The SMILES string of the molecule is CC1OC(OC2C(OCCc3ccc(O)c(O)c3)C(O)OC(CO)C2OC(=O)C=Cc2ccc(O)c(O)c2)C(O)C(O)C1O. The average molecular weight is 625 g/mol. The molecule has 0 saturated carbocycles. The zero-order valence-corrected chi connectivity index (χ0v) is 23.5. The Labute approximate surface area is 251 Å². The molecule has 15 heteroatoms. The van der Waals surface area contributed by atoms with Gasteiger partial charge in [0.05, 0.1) is 19.3 Å². The minimum atomic E-state index is -1.77. The summed E-state index contributed by atoms with van der Waals surface area (Å²) < 4.78 is 28.4. The lowest BCUT2D eigenvalue weighted by Crippen LogP contribution is -2.65. The summed E-state index contributed by atoms with van der Waals surface area (Å²) in [5.74, 6) is -2.42. The van der Waals surface area contributed by atoms with Crippen LogP contribution in [0.15, 0.2) is 42.5 Å². The second kappa shape index (κ2) is 14.5. The second-order valence-corrected chi connectivity index (χ2v) is 10.4. The minimum absolute atomic E-state index is 0.115. The monoisotopic (exact) mass is 624 g/mol. The molecule has 2 fully saturated rings. The molecular formula is C29H36O15. The number of benzene rings is 2. The van der Waals surface area contributed by atoms with Gasteiger partial charge in [-0.05, 0) is 54.8 Å². The molecule has 9 N–H and O–H groups in total. The van der Waals surface area contributed by atoms with Crippen molar-refractivity contribution < 1.29 is 74.4 Å². The van der Waals surface area contributed by atoms with E-state index in [0.717, 1.165) is 6.08 Å². The summed E-state index contributed by atoms with van der Waals surface area (Å²) in [5.41, 5.74) is 0.892. The Morgan fingerprint density at radius 2 is 1.52 bits per heavy atom. The Bertz CT molecular complexity index is 1300. The molecule has 0 aliphatic carbocycles. The third-order valence-electron chi connectivity index (χ3n) is 7.29. The summed E-state index contributed by atoms with van der Waals surface area (Å²) in [6, 6.07) is 7.96. The fraction of sp³-hybridized carbons (Fsp3) is 0.483.